The van der Waals surface area contributed by atoms with Gasteiger partial charge in [-0.05, 0) is 31.0 Å². The van der Waals surface area contributed by atoms with Crippen LogP contribution in [0.5, 0.6) is 5.75 Å². The van der Waals surface area contributed by atoms with Gasteiger partial charge in [0.1, 0.15) is 17.8 Å². The van der Waals surface area contributed by atoms with E-state index >= 15 is 0 Å². The van der Waals surface area contributed by atoms with Crippen molar-refractivity contribution < 1.29 is 19.4 Å². The second kappa shape index (κ2) is 8.31. The molecule has 2 unspecified atom stereocenters. The molecule has 166 valence electrons. The summed E-state index contributed by atoms with van der Waals surface area (Å²) < 4.78 is 5.92. The highest BCUT2D eigenvalue weighted by atomic mass is 16.5. The molecular formula is C25H27N3O4. The maximum Gasteiger partial charge on any atom is 0.246 e. The van der Waals surface area contributed by atoms with Crippen LogP contribution in [0.4, 0.5) is 0 Å². The Bertz CT molecular complexity index is 1170. The van der Waals surface area contributed by atoms with Gasteiger partial charge in [0.05, 0.1) is 13.2 Å². The van der Waals surface area contributed by atoms with Gasteiger partial charge in [0.2, 0.25) is 11.8 Å². The Kier molecular flexibility index (Phi) is 5.35. The maximum absolute atomic E-state index is 13.5. The molecule has 3 heterocycles. The fourth-order valence-corrected chi connectivity index (χ4v) is 5.09. The number of nitrogens with zero attached hydrogens (tertiary/aromatic N) is 2. The monoisotopic (exact) mass is 433 g/mol. The number of amides is 2. The van der Waals surface area contributed by atoms with E-state index in [1.54, 1.807) is 9.80 Å². The van der Waals surface area contributed by atoms with Crippen LogP contribution >= 0.6 is 0 Å². The summed E-state index contributed by atoms with van der Waals surface area (Å²) in [6.07, 6.45) is 0.924. The topological polar surface area (TPSA) is 85.9 Å². The Balaban J connectivity index is 1.68. The lowest BCUT2D eigenvalue weighted by Gasteiger charge is -2.47. The van der Waals surface area contributed by atoms with Crippen molar-refractivity contribution in [1.82, 2.24) is 14.8 Å². The van der Waals surface area contributed by atoms with Gasteiger partial charge in [0.15, 0.2) is 0 Å². The van der Waals surface area contributed by atoms with E-state index < -0.39 is 12.1 Å². The number of ether oxygens (including phenoxy) is 1. The van der Waals surface area contributed by atoms with Crippen molar-refractivity contribution >= 4 is 22.7 Å². The van der Waals surface area contributed by atoms with Gasteiger partial charge >= 0.3 is 0 Å². The van der Waals surface area contributed by atoms with Crippen molar-refractivity contribution in [2.45, 2.75) is 31.8 Å². The molecule has 1 fully saturated rings. The number of fused-ring (bicyclic) bond motifs is 4. The number of aromatic amines is 1. The molecule has 3 aromatic rings. The number of carbonyl (C=O) groups excluding carboxylic acids is 2. The molecule has 32 heavy (non-hydrogen) atoms. The second-order valence-corrected chi connectivity index (χ2v) is 8.29. The number of H-pyrrole nitrogens is 1. The fraction of sp³-hybridized carbons (Fsp3) is 0.360. The van der Waals surface area contributed by atoms with E-state index in [-0.39, 0.29) is 25.0 Å². The lowest BCUT2D eigenvalue weighted by atomic mass is 9.86. The molecular weight excluding hydrogens is 406 g/mol. The first-order chi connectivity index (χ1) is 15.6. The minimum atomic E-state index is -0.582. The predicted molar refractivity (Wildman–Crippen MR) is 120 cm³/mol. The van der Waals surface area contributed by atoms with E-state index in [0.29, 0.717) is 31.7 Å². The lowest BCUT2D eigenvalue weighted by Crippen LogP contribution is -2.63. The van der Waals surface area contributed by atoms with E-state index in [9.17, 15) is 14.7 Å². The highest BCUT2D eigenvalue weighted by Gasteiger charge is 2.48. The Hall–Kier alpha value is -3.32. The highest BCUT2D eigenvalue weighted by Crippen LogP contribution is 2.44. The molecule has 2 aliphatic heterocycles. The molecule has 0 aliphatic carbocycles. The zero-order valence-electron chi connectivity index (χ0n) is 18.1. The molecule has 7 heteroatoms. The zero-order chi connectivity index (χ0) is 22.2. The van der Waals surface area contributed by atoms with Crippen LogP contribution in [0, 0.1) is 0 Å². The second-order valence-electron chi connectivity index (χ2n) is 8.29. The van der Waals surface area contributed by atoms with Crippen molar-refractivity contribution in [3.8, 4) is 5.75 Å². The summed E-state index contributed by atoms with van der Waals surface area (Å²) in [6, 6.07) is 14.8. The number of rotatable bonds is 6. The SMILES string of the molecule is CCOc1ccccc1C1c2[nH]c3ccccc3c2CC2C(=O)N(CCCO)CC(=O)N21. The first kappa shape index (κ1) is 20.6. The van der Waals surface area contributed by atoms with Gasteiger partial charge in [-0.2, -0.15) is 0 Å². The van der Waals surface area contributed by atoms with Gasteiger partial charge < -0.3 is 24.6 Å². The van der Waals surface area contributed by atoms with Crippen LogP contribution in [-0.4, -0.2) is 64.0 Å². The quantitative estimate of drug-likeness (QED) is 0.626. The van der Waals surface area contributed by atoms with Crippen molar-refractivity contribution in [3.63, 3.8) is 0 Å². The van der Waals surface area contributed by atoms with Gasteiger partial charge in [0.25, 0.3) is 0 Å². The van der Waals surface area contributed by atoms with Crippen molar-refractivity contribution in [3.05, 3.63) is 65.4 Å². The van der Waals surface area contributed by atoms with Crippen LogP contribution in [0.3, 0.4) is 0 Å². The third-order valence-electron chi connectivity index (χ3n) is 6.44. The van der Waals surface area contributed by atoms with Crippen LogP contribution in [0.2, 0.25) is 0 Å². The fourth-order valence-electron chi connectivity index (χ4n) is 5.09. The first-order valence-corrected chi connectivity index (χ1v) is 11.2. The van der Waals surface area contributed by atoms with Crippen LogP contribution in [0.15, 0.2) is 48.5 Å². The molecule has 7 nitrogen and oxygen atoms in total. The van der Waals surface area contributed by atoms with Crippen LogP contribution in [-0.2, 0) is 16.0 Å². The highest BCUT2D eigenvalue weighted by molar-refractivity contribution is 5.97. The van der Waals surface area contributed by atoms with E-state index in [2.05, 4.69) is 11.1 Å². The number of hydrogen-bond donors (Lipinski definition) is 2. The van der Waals surface area contributed by atoms with Crippen LogP contribution in [0.25, 0.3) is 10.9 Å². The van der Waals surface area contributed by atoms with Gasteiger partial charge in [-0.1, -0.05) is 36.4 Å². The normalized spacial score (nSPS) is 20.4. The molecule has 5 rings (SSSR count). The van der Waals surface area contributed by atoms with Crippen LogP contribution in [0.1, 0.15) is 36.2 Å². The molecule has 0 saturated carbocycles. The summed E-state index contributed by atoms with van der Waals surface area (Å²) in [6.45, 7) is 2.84. The number of hydrogen-bond acceptors (Lipinski definition) is 4. The zero-order valence-corrected chi connectivity index (χ0v) is 18.1. The molecule has 2 aliphatic rings. The summed E-state index contributed by atoms with van der Waals surface area (Å²) in [5, 5.41) is 10.3. The van der Waals surface area contributed by atoms with E-state index in [1.807, 2.05) is 49.4 Å². The third-order valence-corrected chi connectivity index (χ3v) is 6.44. The molecule has 2 atom stereocenters. The van der Waals surface area contributed by atoms with Gasteiger partial charge in [-0.3, -0.25) is 9.59 Å². The van der Waals surface area contributed by atoms with Crippen molar-refractivity contribution in [2.75, 3.05) is 26.3 Å². The molecule has 1 saturated heterocycles. The van der Waals surface area contributed by atoms with Gasteiger partial charge in [-0.15, -0.1) is 0 Å². The van der Waals surface area contributed by atoms with E-state index in [4.69, 9.17) is 4.74 Å². The van der Waals surface area contributed by atoms with Crippen LogP contribution < -0.4 is 4.74 Å². The first-order valence-electron chi connectivity index (χ1n) is 11.2. The summed E-state index contributed by atoms with van der Waals surface area (Å²) in [5.41, 5.74) is 3.88. The standard InChI is InChI=1S/C25H27N3O4/c1-2-32-21-11-6-4-9-17(21)24-23-18(16-8-3-5-10-19(16)26-23)14-20-25(31)27(12-7-13-29)15-22(30)28(20)24/h3-6,8-11,20,24,26,29H,2,7,12-15H2,1H3. The smallest absolute Gasteiger partial charge is 0.246 e. The number of piperazine rings is 1. The van der Waals surface area contributed by atoms with Crippen molar-refractivity contribution in [2.24, 2.45) is 0 Å². The molecule has 1 aromatic heterocycles. The average Bonchev–Trinajstić information content (AvgIpc) is 3.18. The molecule has 0 spiro atoms. The Morgan fingerprint density at radius 2 is 1.91 bits per heavy atom. The predicted octanol–water partition coefficient (Wildman–Crippen LogP) is 2.63. The average molecular weight is 434 g/mol. The third kappa shape index (κ3) is 3.24. The molecule has 0 bridgehead atoms. The molecule has 2 amide bonds. The minimum absolute atomic E-state index is 0.0106. The Morgan fingerprint density at radius 1 is 1.12 bits per heavy atom. The van der Waals surface area contributed by atoms with E-state index in [0.717, 1.165) is 27.7 Å². The van der Waals surface area contributed by atoms with Crippen molar-refractivity contribution in [1.29, 1.82) is 0 Å². The Labute approximate surface area is 186 Å². The number of para-hydroxylation sites is 2. The number of aliphatic hydroxyl groups is 1. The summed E-state index contributed by atoms with van der Waals surface area (Å²) in [4.78, 5) is 33.8. The minimum Gasteiger partial charge on any atom is -0.494 e. The van der Waals surface area contributed by atoms with Gasteiger partial charge in [0, 0.05) is 41.7 Å². The number of aliphatic hydroxyl groups excluding tert-OH is 1. The lowest BCUT2D eigenvalue weighted by molar-refractivity contribution is -0.158. The van der Waals surface area contributed by atoms with E-state index in [1.165, 1.54) is 0 Å². The Morgan fingerprint density at radius 3 is 2.72 bits per heavy atom. The number of benzene rings is 2. The largest absolute Gasteiger partial charge is 0.494 e. The maximum atomic E-state index is 13.5. The molecule has 2 aromatic carbocycles. The number of carbonyl (C=O) groups is 2. The summed E-state index contributed by atoms with van der Waals surface area (Å²) >= 11 is 0. The summed E-state index contributed by atoms with van der Waals surface area (Å²) in [5.74, 6) is 0.564. The summed E-state index contributed by atoms with van der Waals surface area (Å²) in [7, 11) is 0. The van der Waals surface area contributed by atoms with Gasteiger partial charge in [-0.25, -0.2) is 0 Å². The molecule has 2 N–H and O–H groups in total. The number of aromatic nitrogens is 1. The number of nitrogens with one attached hydrogen (secondary N) is 1. The molecule has 0 radical (unpaired) electrons.